The highest BCUT2D eigenvalue weighted by atomic mass is 19.4. The van der Waals surface area contributed by atoms with Crippen LogP contribution in [0, 0.1) is 0 Å². The maximum absolute atomic E-state index is 12.7. The van der Waals surface area contributed by atoms with Crippen LogP contribution in [0.15, 0.2) is 42.6 Å². The predicted molar refractivity (Wildman–Crippen MR) is 104 cm³/mol. The molecular weight excluding hydrogens is 385 g/mol. The smallest absolute Gasteiger partial charge is 0.417 e. The zero-order valence-corrected chi connectivity index (χ0v) is 16.2. The number of carbonyl (C=O) groups excluding carboxylic acids is 1. The van der Waals surface area contributed by atoms with Gasteiger partial charge in [0.1, 0.15) is 11.6 Å². The zero-order valence-electron chi connectivity index (χ0n) is 16.2. The second-order valence-electron chi connectivity index (χ2n) is 6.79. The van der Waals surface area contributed by atoms with Gasteiger partial charge in [-0.1, -0.05) is 12.1 Å². The highest BCUT2D eigenvalue weighted by Crippen LogP contribution is 2.29. The molecule has 1 fully saturated rings. The molecule has 6 nitrogen and oxygen atoms in total. The van der Waals surface area contributed by atoms with Gasteiger partial charge in [0.25, 0.3) is 0 Å². The van der Waals surface area contributed by atoms with Crippen LogP contribution in [0.4, 0.5) is 24.7 Å². The fourth-order valence-corrected chi connectivity index (χ4v) is 3.23. The number of nitrogens with zero attached hydrogens (tertiary/aromatic N) is 3. The highest BCUT2D eigenvalue weighted by Gasteiger charge is 2.31. The number of piperazine rings is 1. The first-order valence-corrected chi connectivity index (χ1v) is 9.25. The van der Waals surface area contributed by atoms with Gasteiger partial charge >= 0.3 is 6.18 Å². The number of pyridine rings is 1. The first kappa shape index (κ1) is 20.9. The number of rotatable bonds is 5. The van der Waals surface area contributed by atoms with Gasteiger partial charge in [0.05, 0.1) is 24.4 Å². The van der Waals surface area contributed by atoms with E-state index in [-0.39, 0.29) is 11.9 Å². The summed E-state index contributed by atoms with van der Waals surface area (Å²) in [6.45, 7) is 4.18. The van der Waals surface area contributed by atoms with Crippen LogP contribution < -0.4 is 15.0 Å². The van der Waals surface area contributed by atoms with E-state index < -0.39 is 11.7 Å². The summed E-state index contributed by atoms with van der Waals surface area (Å²) >= 11 is 0. The molecule has 0 radical (unpaired) electrons. The van der Waals surface area contributed by atoms with E-state index in [0.29, 0.717) is 43.4 Å². The molecule has 1 amide bonds. The summed E-state index contributed by atoms with van der Waals surface area (Å²) in [5.41, 5.74) is -0.152. The van der Waals surface area contributed by atoms with E-state index in [1.165, 1.54) is 6.07 Å². The van der Waals surface area contributed by atoms with E-state index in [1.807, 2.05) is 28.9 Å². The minimum atomic E-state index is -4.39. The summed E-state index contributed by atoms with van der Waals surface area (Å²) in [5.74, 6) is 0.950. The van der Waals surface area contributed by atoms with Gasteiger partial charge in [-0.25, -0.2) is 4.98 Å². The number of aromatic nitrogens is 1. The number of amides is 1. The molecule has 2 aromatic rings. The number of carbonyl (C=O) groups is 1. The Morgan fingerprint density at radius 1 is 1.14 bits per heavy atom. The molecule has 1 atom stereocenters. The standard InChI is InChI=1S/C20H23F3N4O2/c1-14(19(28)25-16-5-3-4-6-17(16)29-2)26-9-11-27(12-10-26)18-8-7-15(13-24-18)20(21,22)23/h3-8,13-14H,9-12H2,1-2H3,(H,25,28). The molecule has 1 aliphatic rings. The van der Waals surface area contributed by atoms with Gasteiger partial charge in [-0.15, -0.1) is 0 Å². The predicted octanol–water partition coefficient (Wildman–Crippen LogP) is 3.26. The third-order valence-electron chi connectivity index (χ3n) is 5.01. The molecule has 1 aliphatic heterocycles. The molecule has 0 spiro atoms. The lowest BCUT2D eigenvalue weighted by Crippen LogP contribution is -2.53. The minimum Gasteiger partial charge on any atom is -0.495 e. The lowest BCUT2D eigenvalue weighted by molar-refractivity contribution is -0.137. The van der Waals surface area contributed by atoms with Gasteiger partial charge in [0.2, 0.25) is 5.91 Å². The summed E-state index contributed by atoms with van der Waals surface area (Å²) in [7, 11) is 1.54. The van der Waals surface area contributed by atoms with Crippen molar-refractivity contribution in [1.82, 2.24) is 9.88 Å². The van der Waals surface area contributed by atoms with Crippen LogP contribution in [-0.4, -0.2) is 55.1 Å². The molecule has 0 bridgehead atoms. The Morgan fingerprint density at radius 2 is 1.83 bits per heavy atom. The third-order valence-corrected chi connectivity index (χ3v) is 5.01. The average Bonchev–Trinajstić information content (AvgIpc) is 2.73. The second kappa shape index (κ2) is 8.69. The van der Waals surface area contributed by atoms with Crippen LogP contribution in [0.1, 0.15) is 12.5 Å². The summed E-state index contributed by atoms with van der Waals surface area (Å²) in [4.78, 5) is 20.5. The van der Waals surface area contributed by atoms with E-state index in [1.54, 1.807) is 19.2 Å². The van der Waals surface area contributed by atoms with Crippen molar-refractivity contribution in [3.05, 3.63) is 48.2 Å². The largest absolute Gasteiger partial charge is 0.495 e. The lowest BCUT2D eigenvalue weighted by atomic mass is 10.2. The van der Waals surface area contributed by atoms with Crippen molar-refractivity contribution < 1.29 is 22.7 Å². The Labute approximate surface area is 167 Å². The summed E-state index contributed by atoms with van der Waals surface area (Å²) in [6, 6.07) is 9.26. The SMILES string of the molecule is COc1ccccc1NC(=O)C(C)N1CCN(c2ccc(C(F)(F)F)cn2)CC1. The highest BCUT2D eigenvalue weighted by molar-refractivity contribution is 5.95. The molecule has 3 rings (SSSR count). The number of alkyl halides is 3. The molecular formula is C20H23F3N4O2. The van der Waals surface area contributed by atoms with Crippen molar-refractivity contribution in [2.75, 3.05) is 43.5 Å². The number of methoxy groups -OCH3 is 1. The van der Waals surface area contributed by atoms with Gasteiger partial charge in [0.15, 0.2) is 0 Å². The second-order valence-corrected chi connectivity index (χ2v) is 6.79. The maximum atomic E-state index is 12.7. The van der Waals surface area contributed by atoms with Crippen LogP contribution >= 0.6 is 0 Å². The van der Waals surface area contributed by atoms with Gasteiger partial charge in [-0.05, 0) is 31.2 Å². The van der Waals surface area contributed by atoms with Gasteiger partial charge in [-0.3, -0.25) is 9.69 Å². The fourth-order valence-electron chi connectivity index (χ4n) is 3.23. The van der Waals surface area contributed by atoms with E-state index in [2.05, 4.69) is 10.3 Å². The first-order valence-electron chi connectivity index (χ1n) is 9.25. The number of hydrogen-bond donors (Lipinski definition) is 1. The molecule has 1 aromatic carbocycles. The Bertz CT molecular complexity index is 834. The van der Waals surface area contributed by atoms with Gasteiger partial charge < -0.3 is 15.0 Å². The van der Waals surface area contributed by atoms with E-state index in [4.69, 9.17) is 4.74 Å². The molecule has 9 heteroatoms. The monoisotopic (exact) mass is 408 g/mol. The Balaban J connectivity index is 1.56. The number of halogens is 3. The summed E-state index contributed by atoms with van der Waals surface area (Å²) < 4.78 is 43.3. The van der Waals surface area contributed by atoms with Crippen molar-refractivity contribution >= 4 is 17.4 Å². The number of nitrogens with one attached hydrogen (secondary N) is 1. The maximum Gasteiger partial charge on any atom is 0.417 e. The summed E-state index contributed by atoms with van der Waals surface area (Å²) in [6.07, 6.45) is -3.54. The topological polar surface area (TPSA) is 57.7 Å². The third kappa shape index (κ3) is 4.97. The zero-order chi connectivity index (χ0) is 21.0. The molecule has 1 unspecified atom stereocenters. The van der Waals surface area contributed by atoms with Crippen LogP contribution in [-0.2, 0) is 11.0 Å². The van der Waals surface area contributed by atoms with E-state index in [9.17, 15) is 18.0 Å². The Morgan fingerprint density at radius 3 is 2.41 bits per heavy atom. The van der Waals surface area contributed by atoms with Crippen LogP contribution in [0.3, 0.4) is 0 Å². The Kier molecular flexibility index (Phi) is 6.26. The molecule has 0 saturated carbocycles. The van der Waals surface area contributed by atoms with E-state index in [0.717, 1.165) is 12.3 Å². The minimum absolute atomic E-state index is 0.143. The molecule has 1 aromatic heterocycles. The normalized spacial score (nSPS) is 16.4. The molecule has 29 heavy (non-hydrogen) atoms. The number of para-hydroxylation sites is 2. The van der Waals surface area contributed by atoms with Crippen LogP contribution in [0.2, 0.25) is 0 Å². The van der Waals surface area contributed by atoms with Crippen molar-refractivity contribution in [1.29, 1.82) is 0 Å². The van der Waals surface area contributed by atoms with Crippen LogP contribution in [0.25, 0.3) is 0 Å². The van der Waals surface area contributed by atoms with Gasteiger partial charge in [-0.2, -0.15) is 13.2 Å². The van der Waals surface area contributed by atoms with E-state index >= 15 is 0 Å². The fraction of sp³-hybridized carbons (Fsp3) is 0.400. The number of benzene rings is 1. The molecule has 1 saturated heterocycles. The molecule has 1 N–H and O–H groups in total. The molecule has 0 aliphatic carbocycles. The quantitative estimate of drug-likeness (QED) is 0.823. The molecule has 2 heterocycles. The average molecular weight is 408 g/mol. The van der Waals surface area contributed by atoms with Gasteiger partial charge in [0, 0.05) is 32.4 Å². The lowest BCUT2D eigenvalue weighted by Gasteiger charge is -2.38. The first-order chi connectivity index (χ1) is 13.8. The number of anilines is 2. The van der Waals surface area contributed by atoms with Crippen molar-refractivity contribution in [2.45, 2.75) is 19.1 Å². The van der Waals surface area contributed by atoms with Crippen molar-refractivity contribution in [2.24, 2.45) is 0 Å². The van der Waals surface area contributed by atoms with Crippen LogP contribution in [0.5, 0.6) is 5.75 Å². The summed E-state index contributed by atoms with van der Waals surface area (Å²) in [5, 5.41) is 2.88. The van der Waals surface area contributed by atoms with Crippen molar-refractivity contribution in [3.63, 3.8) is 0 Å². The number of ether oxygens (including phenoxy) is 1. The Hall–Kier alpha value is -2.81. The molecule has 156 valence electrons. The van der Waals surface area contributed by atoms with Crippen molar-refractivity contribution in [3.8, 4) is 5.75 Å². The number of hydrogen-bond acceptors (Lipinski definition) is 5.